The van der Waals surface area contributed by atoms with Gasteiger partial charge in [-0.3, -0.25) is 9.36 Å². The Hall–Kier alpha value is -2.93. The third-order valence-corrected chi connectivity index (χ3v) is 7.72. The summed E-state index contributed by atoms with van der Waals surface area (Å²) >= 11 is 8.16. The summed E-state index contributed by atoms with van der Waals surface area (Å²) in [6.07, 6.45) is 1.73. The first-order valence-electron chi connectivity index (χ1n) is 9.93. The molecule has 2 N–H and O–H groups in total. The van der Waals surface area contributed by atoms with Crippen LogP contribution in [0.25, 0.3) is 17.5 Å². The van der Waals surface area contributed by atoms with Gasteiger partial charge in [-0.05, 0) is 36.3 Å². The number of carbonyl (C=O) groups excluding carboxylic acids is 1. The second-order valence-corrected chi connectivity index (χ2v) is 9.82. The molecule has 33 heavy (non-hydrogen) atoms. The van der Waals surface area contributed by atoms with Crippen molar-refractivity contribution in [2.75, 3.05) is 6.61 Å². The summed E-state index contributed by atoms with van der Waals surface area (Å²) in [5.74, 6) is -1.37. The third-order valence-electron chi connectivity index (χ3n) is 5.17. The summed E-state index contributed by atoms with van der Waals surface area (Å²) in [7, 11) is 0. The number of esters is 1. The lowest BCUT2D eigenvalue weighted by Crippen LogP contribution is -2.40. The molecule has 0 saturated carbocycles. The van der Waals surface area contributed by atoms with Crippen molar-refractivity contribution in [3.8, 4) is 6.07 Å². The number of halogens is 2. The molecule has 1 aliphatic rings. The highest BCUT2D eigenvalue weighted by molar-refractivity contribution is 9.10. The average Bonchev–Trinajstić information content (AvgIpc) is 3.11. The van der Waals surface area contributed by atoms with Crippen LogP contribution < -0.4 is 20.5 Å². The van der Waals surface area contributed by atoms with E-state index in [-0.39, 0.29) is 23.6 Å². The number of benzene rings is 2. The van der Waals surface area contributed by atoms with Crippen molar-refractivity contribution in [3.63, 3.8) is 0 Å². The van der Waals surface area contributed by atoms with E-state index in [9.17, 15) is 14.9 Å². The number of nitrogens with zero attached hydrogens (tertiary/aromatic N) is 2. The molecule has 6 nitrogen and oxygen atoms in total. The minimum absolute atomic E-state index is 0.00864. The van der Waals surface area contributed by atoms with E-state index in [0.717, 1.165) is 21.4 Å². The van der Waals surface area contributed by atoms with Crippen molar-refractivity contribution in [1.29, 1.82) is 5.26 Å². The zero-order chi connectivity index (χ0) is 23.7. The predicted molar refractivity (Wildman–Crippen MR) is 135 cm³/mol. The summed E-state index contributed by atoms with van der Waals surface area (Å²) in [5, 5.41) is 10.0. The highest BCUT2D eigenvalue weighted by Crippen LogP contribution is 2.39. The van der Waals surface area contributed by atoms with Gasteiger partial charge >= 0.3 is 5.97 Å². The number of fused-ring (bicyclic) bond motifs is 1. The monoisotopic (exact) mass is 585 g/mol. The van der Waals surface area contributed by atoms with Crippen LogP contribution in [0.1, 0.15) is 24.0 Å². The fraction of sp³-hybridized carbons (Fsp3) is 0.125. The van der Waals surface area contributed by atoms with Gasteiger partial charge < -0.3 is 10.5 Å². The Balaban J connectivity index is 2.14. The third kappa shape index (κ3) is 4.10. The molecular formula is C24H17Br2N3O3S. The molecule has 166 valence electrons. The van der Waals surface area contributed by atoms with Gasteiger partial charge in [-0.1, -0.05) is 68.3 Å². The Morgan fingerprint density at radius 3 is 2.52 bits per heavy atom. The van der Waals surface area contributed by atoms with Crippen LogP contribution in [0.3, 0.4) is 0 Å². The van der Waals surface area contributed by atoms with Crippen LogP contribution in [0.15, 0.2) is 67.8 Å². The Morgan fingerprint density at radius 1 is 1.21 bits per heavy atom. The molecule has 1 atom stereocenters. The number of allylic oxidation sites excluding steroid dienone is 1. The van der Waals surface area contributed by atoms with Crippen LogP contribution in [-0.4, -0.2) is 17.1 Å². The van der Waals surface area contributed by atoms with E-state index in [1.807, 2.05) is 48.5 Å². The molecule has 1 aliphatic heterocycles. The average molecular weight is 587 g/mol. The number of hydrogen-bond acceptors (Lipinski definition) is 6. The fourth-order valence-corrected chi connectivity index (χ4v) is 5.78. The summed E-state index contributed by atoms with van der Waals surface area (Å²) in [6.45, 7) is 1.86. The molecule has 2 aromatic carbocycles. The Labute approximate surface area is 210 Å². The van der Waals surface area contributed by atoms with Gasteiger partial charge in [0.1, 0.15) is 10.5 Å². The van der Waals surface area contributed by atoms with E-state index in [1.54, 1.807) is 13.0 Å². The van der Waals surface area contributed by atoms with E-state index >= 15 is 0 Å². The fourth-order valence-electron chi connectivity index (χ4n) is 3.71. The number of carbonyl (C=O) groups is 1. The van der Waals surface area contributed by atoms with Crippen molar-refractivity contribution in [2.24, 2.45) is 5.73 Å². The van der Waals surface area contributed by atoms with Crippen molar-refractivity contribution < 1.29 is 9.53 Å². The first-order chi connectivity index (χ1) is 15.9. The molecular weight excluding hydrogens is 570 g/mol. The van der Waals surface area contributed by atoms with Gasteiger partial charge in [-0.25, -0.2) is 4.79 Å². The van der Waals surface area contributed by atoms with Crippen LogP contribution in [0.5, 0.6) is 0 Å². The van der Waals surface area contributed by atoms with Crippen LogP contribution >= 0.6 is 43.2 Å². The molecule has 4 rings (SSSR count). The van der Waals surface area contributed by atoms with E-state index in [2.05, 4.69) is 37.9 Å². The number of ether oxygens (including phenoxy) is 1. The summed E-state index contributed by atoms with van der Waals surface area (Å²) in [5.41, 5.74) is 7.79. The molecule has 1 aromatic heterocycles. The maximum Gasteiger partial charge on any atom is 0.338 e. The van der Waals surface area contributed by atoms with Crippen LogP contribution in [0.4, 0.5) is 0 Å². The molecule has 0 spiro atoms. The topological polar surface area (TPSA) is 98.1 Å². The van der Waals surface area contributed by atoms with Gasteiger partial charge in [0, 0.05) is 8.95 Å². The van der Waals surface area contributed by atoms with Gasteiger partial charge in [-0.15, -0.1) is 11.3 Å². The number of rotatable bonds is 4. The highest BCUT2D eigenvalue weighted by Gasteiger charge is 2.37. The molecule has 0 bridgehead atoms. The van der Waals surface area contributed by atoms with Gasteiger partial charge in [0.15, 0.2) is 0 Å². The number of thiazole rings is 1. The predicted octanol–water partition coefficient (Wildman–Crippen LogP) is 3.43. The van der Waals surface area contributed by atoms with Crippen molar-refractivity contribution in [3.05, 3.63) is 93.7 Å². The Bertz CT molecular complexity index is 1530. The summed E-state index contributed by atoms with van der Waals surface area (Å²) < 4.78 is 8.87. The maximum atomic E-state index is 13.4. The molecule has 0 radical (unpaired) electrons. The zero-order valence-corrected chi connectivity index (χ0v) is 21.3. The molecule has 0 amide bonds. The lowest BCUT2D eigenvalue weighted by atomic mass is 9.84. The summed E-state index contributed by atoms with van der Waals surface area (Å²) in [6, 6.07) is 16.9. The Morgan fingerprint density at radius 2 is 1.88 bits per heavy atom. The van der Waals surface area contributed by atoms with E-state index in [1.165, 1.54) is 4.57 Å². The van der Waals surface area contributed by atoms with Gasteiger partial charge in [0.05, 0.1) is 34.3 Å². The van der Waals surface area contributed by atoms with Crippen LogP contribution in [0, 0.1) is 11.3 Å². The standard InChI is InChI=1S/C24H17Br2N3O3S/c1-2-32-24(31)20-19(14-8-4-6-10-17(14)26)15(12-27)21(28)29-22(30)18(33-23(20)29)11-13-7-3-5-9-16(13)25/h3-11,19H,2,28H2,1H3. The van der Waals surface area contributed by atoms with Gasteiger partial charge in [0.2, 0.25) is 0 Å². The number of hydrogen-bond donors (Lipinski definition) is 1. The van der Waals surface area contributed by atoms with Crippen molar-refractivity contribution in [1.82, 2.24) is 4.57 Å². The van der Waals surface area contributed by atoms with Gasteiger partial charge in [-0.2, -0.15) is 5.26 Å². The van der Waals surface area contributed by atoms with E-state index < -0.39 is 17.4 Å². The molecule has 0 fully saturated rings. The quantitative estimate of drug-likeness (QED) is 0.472. The minimum Gasteiger partial charge on any atom is -0.463 e. The van der Waals surface area contributed by atoms with Crippen molar-refractivity contribution >= 4 is 66.6 Å². The maximum absolute atomic E-state index is 13.4. The van der Waals surface area contributed by atoms with Crippen LogP contribution in [0.2, 0.25) is 0 Å². The number of nitriles is 1. The summed E-state index contributed by atoms with van der Waals surface area (Å²) in [4.78, 5) is 26.5. The molecule has 1 unspecified atom stereocenters. The number of nitrogens with two attached hydrogens (primary N) is 1. The molecule has 0 aliphatic carbocycles. The molecule has 2 heterocycles. The molecule has 0 saturated heterocycles. The second kappa shape index (κ2) is 9.51. The Kier molecular flexibility index (Phi) is 6.70. The number of aromatic nitrogens is 1. The zero-order valence-electron chi connectivity index (χ0n) is 17.3. The first kappa shape index (κ1) is 23.2. The lowest BCUT2D eigenvalue weighted by Gasteiger charge is -2.25. The normalized spacial score (nSPS) is 15.9. The van der Waals surface area contributed by atoms with Crippen LogP contribution in [-0.2, 0) is 9.53 Å². The highest BCUT2D eigenvalue weighted by atomic mass is 79.9. The first-order valence-corrected chi connectivity index (χ1v) is 12.3. The minimum atomic E-state index is -0.779. The second-order valence-electron chi connectivity index (χ2n) is 7.08. The van der Waals surface area contributed by atoms with E-state index in [4.69, 9.17) is 10.5 Å². The van der Waals surface area contributed by atoms with Crippen molar-refractivity contribution in [2.45, 2.75) is 12.8 Å². The van der Waals surface area contributed by atoms with E-state index in [0.29, 0.717) is 19.2 Å². The SMILES string of the molecule is CCOC(=O)C1=c2sc(=Cc3ccccc3Br)c(=O)n2C(N)=C(C#N)C1c1ccccc1Br. The molecule has 3 aromatic rings. The smallest absolute Gasteiger partial charge is 0.338 e. The lowest BCUT2D eigenvalue weighted by molar-refractivity contribution is -0.136. The molecule has 9 heteroatoms. The van der Waals surface area contributed by atoms with Gasteiger partial charge in [0.25, 0.3) is 5.56 Å². The largest absolute Gasteiger partial charge is 0.463 e.